The van der Waals surface area contributed by atoms with Crippen LogP contribution in [-0.2, 0) is 27.3 Å². The first-order chi connectivity index (χ1) is 11.7. The zero-order valence-electron chi connectivity index (χ0n) is 14.1. The third-order valence-electron chi connectivity index (χ3n) is 4.95. The molecule has 2 aromatic carbocycles. The summed E-state index contributed by atoms with van der Waals surface area (Å²) < 4.78 is 11.4. The molecular formula is C21H24O3. The Bertz CT molecular complexity index is 653. The summed E-state index contributed by atoms with van der Waals surface area (Å²) in [6.07, 6.45) is 3.26. The maximum Gasteiger partial charge on any atom is 0.314 e. The average Bonchev–Trinajstić information content (AvgIpc) is 3.04. The Hall–Kier alpha value is -2.13. The smallest absolute Gasteiger partial charge is 0.314 e. The van der Waals surface area contributed by atoms with E-state index in [2.05, 4.69) is 12.1 Å². The molecule has 0 N–H and O–H groups in total. The molecule has 1 saturated carbocycles. The Kier molecular flexibility index (Phi) is 5.31. The Morgan fingerprint density at radius 2 is 1.67 bits per heavy atom. The van der Waals surface area contributed by atoms with Crippen molar-refractivity contribution in [2.75, 3.05) is 7.11 Å². The zero-order valence-corrected chi connectivity index (χ0v) is 14.1. The van der Waals surface area contributed by atoms with Crippen LogP contribution in [-0.4, -0.2) is 19.2 Å². The lowest BCUT2D eigenvalue weighted by Crippen LogP contribution is -2.42. The summed E-state index contributed by atoms with van der Waals surface area (Å²) in [4.78, 5) is 12.7. The predicted molar refractivity (Wildman–Crippen MR) is 93.5 cm³/mol. The first kappa shape index (κ1) is 16.7. The van der Waals surface area contributed by atoms with Crippen LogP contribution in [0.15, 0.2) is 60.7 Å². The standard InChI is InChI=1S/C21H24O3/c1-23-20(22)21(15-17-9-4-2-5-10-17)14-8-13-19(21)24-16-18-11-6-3-7-12-18/h2-7,9-12,19H,8,13-16H2,1H3. The van der Waals surface area contributed by atoms with Gasteiger partial charge in [-0.1, -0.05) is 60.7 Å². The van der Waals surface area contributed by atoms with E-state index in [9.17, 15) is 4.79 Å². The van der Waals surface area contributed by atoms with Gasteiger partial charge in [-0.3, -0.25) is 4.79 Å². The highest BCUT2D eigenvalue weighted by Gasteiger charge is 2.50. The van der Waals surface area contributed by atoms with Crippen molar-refractivity contribution in [1.82, 2.24) is 0 Å². The lowest BCUT2D eigenvalue weighted by atomic mass is 9.78. The van der Waals surface area contributed by atoms with Crippen LogP contribution >= 0.6 is 0 Å². The van der Waals surface area contributed by atoms with E-state index in [0.29, 0.717) is 13.0 Å². The normalized spacial score (nSPS) is 23.1. The van der Waals surface area contributed by atoms with E-state index < -0.39 is 5.41 Å². The monoisotopic (exact) mass is 324 g/mol. The molecule has 0 bridgehead atoms. The minimum Gasteiger partial charge on any atom is -0.469 e. The molecule has 126 valence electrons. The minimum absolute atomic E-state index is 0.106. The van der Waals surface area contributed by atoms with Crippen LogP contribution in [0.5, 0.6) is 0 Å². The molecule has 0 saturated heterocycles. The number of hydrogen-bond acceptors (Lipinski definition) is 3. The number of carbonyl (C=O) groups excluding carboxylic acids is 1. The minimum atomic E-state index is -0.578. The second kappa shape index (κ2) is 7.63. The molecule has 1 aliphatic carbocycles. The zero-order chi connectivity index (χ0) is 16.8. The number of benzene rings is 2. The van der Waals surface area contributed by atoms with E-state index in [1.165, 1.54) is 7.11 Å². The van der Waals surface area contributed by atoms with Gasteiger partial charge in [0.05, 0.1) is 25.2 Å². The van der Waals surface area contributed by atoms with Gasteiger partial charge in [-0.25, -0.2) is 0 Å². The molecule has 0 amide bonds. The van der Waals surface area contributed by atoms with E-state index in [1.54, 1.807) is 0 Å². The van der Waals surface area contributed by atoms with Gasteiger partial charge in [-0.05, 0) is 36.8 Å². The molecular weight excluding hydrogens is 300 g/mol. The fourth-order valence-corrected chi connectivity index (χ4v) is 3.73. The van der Waals surface area contributed by atoms with Crippen molar-refractivity contribution in [3.8, 4) is 0 Å². The molecule has 2 aromatic rings. The van der Waals surface area contributed by atoms with Gasteiger partial charge in [0.25, 0.3) is 0 Å². The molecule has 0 aliphatic heterocycles. The van der Waals surface area contributed by atoms with Gasteiger partial charge < -0.3 is 9.47 Å². The van der Waals surface area contributed by atoms with Gasteiger partial charge in [0.15, 0.2) is 0 Å². The number of esters is 1. The number of ether oxygens (including phenoxy) is 2. The summed E-state index contributed by atoms with van der Waals surface area (Å²) in [7, 11) is 1.47. The third-order valence-corrected chi connectivity index (χ3v) is 4.95. The summed E-state index contributed by atoms with van der Waals surface area (Å²) in [5.74, 6) is -0.151. The van der Waals surface area contributed by atoms with Gasteiger partial charge in [0.1, 0.15) is 0 Å². The van der Waals surface area contributed by atoms with E-state index in [-0.39, 0.29) is 12.1 Å². The topological polar surface area (TPSA) is 35.5 Å². The molecule has 2 atom stereocenters. The average molecular weight is 324 g/mol. The van der Waals surface area contributed by atoms with Crippen LogP contribution in [0.25, 0.3) is 0 Å². The van der Waals surface area contributed by atoms with Crippen molar-refractivity contribution in [1.29, 1.82) is 0 Å². The van der Waals surface area contributed by atoms with Crippen molar-refractivity contribution in [2.24, 2.45) is 5.41 Å². The van der Waals surface area contributed by atoms with Crippen LogP contribution in [0.3, 0.4) is 0 Å². The molecule has 0 aromatic heterocycles. The highest BCUT2D eigenvalue weighted by molar-refractivity contribution is 5.78. The van der Waals surface area contributed by atoms with Crippen LogP contribution in [0.4, 0.5) is 0 Å². The van der Waals surface area contributed by atoms with E-state index in [1.807, 2.05) is 48.5 Å². The number of hydrogen-bond donors (Lipinski definition) is 0. The summed E-state index contributed by atoms with van der Waals surface area (Å²) >= 11 is 0. The van der Waals surface area contributed by atoms with E-state index in [0.717, 1.165) is 30.4 Å². The quantitative estimate of drug-likeness (QED) is 0.749. The van der Waals surface area contributed by atoms with Crippen LogP contribution < -0.4 is 0 Å². The van der Waals surface area contributed by atoms with Crippen molar-refractivity contribution >= 4 is 5.97 Å². The van der Waals surface area contributed by atoms with Crippen molar-refractivity contribution < 1.29 is 14.3 Å². The van der Waals surface area contributed by atoms with Gasteiger partial charge >= 0.3 is 5.97 Å². The second-order valence-electron chi connectivity index (χ2n) is 6.49. The maximum absolute atomic E-state index is 12.7. The van der Waals surface area contributed by atoms with Crippen LogP contribution in [0.1, 0.15) is 30.4 Å². The molecule has 1 fully saturated rings. The molecule has 3 rings (SSSR count). The summed E-state index contributed by atoms with van der Waals surface area (Å²) in [6, 6.07) is 20.2. The molecule has 24 heavy (non-hydrogen) atoms. The molecule has 1 aliphatic rings. The summed E-state index contributed by atoms with van der Waals surface area (Å²) in [6.45, 7) is 0.527. The van der Waals surface area contributed by atoms with Gasteiger partial charge in [0.2, 0.25) is 0 Å². The van der Waals surface area contributed by atoms with Gasteiger partial charge in [-0.2, -0.15) is 0 Å². The fourth-order valence-electron chi connectivity index (χ4n) is 3.73. The largest absolute Gasteiger partial charge is 0.469 e. The van der Waals surface area contributed by atoms with Crippen molar-refractivity contribution in [3.63, 3.8) is 0 Å². The lowest BCUT2D eigenvalue weighted by Gasteiger charge is -2.33. The fraction of sp³-hybridized carbons (Fsp3) is 0.381. The highest BCUT2D eigenvalue weighted by atomic mass is 16.5. The van der Waals surface area contributed by atoms with Gasteiger partial charge in [-0.15, -0.1) is 0 Å². The Morgan fingerprint density at radius 1 is 1.04 bits per heavy atom. The molecule has 0 radical (unpaired) electrons. The van der Waals surface area contributed by atoms with Crippen molar-refractivity contribution in [2.45, 2.75) is 38.4 Å². The Labute approximate surface area is 143 Å². The first-order valence-electron chi connectivity index (χ1n) is 8.52. The third kappa shape index (κ3) is 3.51. The van der Waals surface area contributed by atoms with Gasteiger partial charge in [0, 0.05) is 0 Å². The van der Waals surface area contributed by atoms with Crippen molar-refractivity contribution in [3.05, 3.63) is 71.8 Å². The van der Waals surface area contributed by atoms with E-state index >= 15 is 0 Å². The molecule has 0 spiro atoms. The summed E-state index contributed by atoms with van der Waals surface area (Å²) in [5, 5.41) is 0. The molecule has 0 heterocycles. The van der Waals surface area contributed by atoms with E-state index in [4.69, 9.17) is 9.47 Å². The first-order valence-corrected chi connectivity index (χ1v) is 8.52. The SMILES string of the molecule is COC(=O)C1(Cc2ccccc2)CCCC1OCc1ccccc1. The van der Waals surface area contributed by atoms with Crippen LogP contribution in [0.2, 0.25) is 0 Å². The lowest BCUT2D eigenvalue weighted by molar-refractivity contribution is -0.162. The second-order valence-corrected chi connectivity index (χ2v) is 6.49. The van der Waals surface area contributed by atoms with Crippen LogP contribution in [0, 0.1) is 5.41 Å². The predicted octanol–water partition coefficient (Wildman–Crippen LogP) is 4.16. The number of rotatable bonds is 6. The highest BCUT2D eigenvalue weighted by Crippen LogP contribution is 2.44. The maximum atomic E-state index is 12.7. The number of carbonyl (C=O) groups is 1. The summed E-state index contributed by atoms with van der Waals surface area (Å²) in [5.41, 5.74) is 1.70. The molecule has 3 nitrogen and oxygen atoms in total. The Morgan fingerprint density at radius 3 is 2.29 bits per heavy atom. The molecule has 2 unspecified atom stereocenters. The number of methoxy groups -OCH3 is 1. The molecule has 3 heteroatoms. The Balaban J connectivity index is 1.79.